The first kappa shape index (κ1) is 14.9. The van der Waals surface area contributed by atoms with E-state index in [-0.39, 0.29) is 24.3 Å². The molecule has 0 radical (unpaired) electrons. The normalized spacial score (nSPS) is 9.95. The number of anilines is 1. The summed E-state index contributed by atoms with van der Waals surface area (Å²) in [5.41, 5.74) is 5.56. The van der Waals surface area contributed by atoms with Gasteiger partial charge in [0.15, 0.2) is 0 Å². The Kier molecular flexibility index (Phi) is 5.70. The van der Waals surface area contributed by atoms with Crippen LogP contribution in [0.15, 0.2) is 12.3 Å². The molecular weight excluding hydrogens is 251 g/mol. The maximum absolute atomic E-state index is 13.1. The van der Waals surface area contributed by atoms with Crippen LogP contribution < -0.4 is 5.73 Å². The van der Waals surface area contributed by atoms with E-state index >= 15 is 0 Å². The van der Waals surface area contributed by atoms with Gasteiger partial charge in [-0.3, -0.25) is 4.79 Å². The molecule has 1 aromatic rings. The first-order chi connectivity index (χ1) is 9.10. The van der Waals surface area contributed by atoms with Crippen molar-refractivity contribution >= 4 is 11.7 Å². The van der Waals surface area contributed by atoms with Gasteiger partial charge in [-0.05, 0) is 6.07 Å². The SMILES string of the molecule is COCCN(CCC#N)C(=O)c1cc(F)cnc1N. The Labute approximate surface area is 110 Å². The third-order valence-electron chi connectivity index (χ3n) is 2.46. The number of ether oxygens (including phenoxy) is 1. The minimum atomic E-state index is -0.635. The Bertz CT molecular complexity index is 487. The first-order valence-corrected chi connectivity index (χ1v) is 5.66. The lowest BCUT2D eigenvalue weighted by molar-refractivity contribution is 0.0700. The van der Waals surface area contributed by atoms with Crippen molar-refractivity contribution in [3.8, 4) is 6.07 Å². The molecule has 0 fully saturated rings. The van der Waals surface area contributed by atoms with Crippen molar-refractivity contribution in [2.75, 3.05) is 32.5 Å². The summed E-state index contributed by atoms with van der Waals surface area (Å²) in [4.78, 5) is 17.2. The number of carbonyl (C=O) groups is 1. The van der Waals surface area contributed by atoms with Gasteiger partial charge in [0.1, 0.15) is 11.6 Å². The number of pyridine rings is 1. The summed E-state index contributed by atoms with van der Waals surface area (Å²) >= 11 is 0. The van der Waals surface area contributed by atoms with Crippen LogP contribution in [0.4, 0.5) is 10.2 Å². The van der Waals surface area contributed by atoms with Crippen molar-refractivity contribution in [2.24, 2.45) is 0 Å². The topological polar surface area (TPSA) is 92.2 Å². The monoisotopic (exact) mass is 266 g/mol. The Morgan fingerprint density at radius 1 is 1.63 bits per heavy atom. The molecule has 0 aliphatic heterocycles. The number of nitrogens with two attached hydrogens (primary N) is 1. The van der Waals surface area contributed by atoms with Gasteiger partial charge in [0.05, 0.1) is 30.9 Å². The molecule has 0 saturated carbocycles. The molecule has 1 aromatic heterocycles. The van der Waals surface area contributed by atoms with E-state index in [1.54, 1.807) is 0 Å². The van der Waals surface area contributed by atoms with Crippen molar-refractivity contribution in [2.45, 2.75) is 6.42 Å². The van der Waals surface area contributed by atoms with Crippen LogP contribution >= 0.6 is 0 Å². The second-order valence-corrected chi connectivity index (χ2v) is 3.78. The highest BCUT2D eigenvalue weighted by Gasteiger charge is 2.19. The van der Waals surface area contributed by atoms with E-state index in [1.165, 1.54) is 12.0 Å². The number of hydrogen-bond donors (Lipinski definition) is 1. The summed E-state index contributed by atoms with van der Waals surface area (Å²) in [5.74, 6) is -1.13. The van der Waals surface area contributed by atoms with Crippen LogP contribution in [0, 0.1) is 17.1 Å². The predicted molar refractivity (Wildman–Crippen MR) is 66.6 cm³/mol. The van der Waals surface area contributed by atoms with Crippen LogP contribution in [0.25, 0.3) is 0 Å². The van der Waals surface area contributed by atoms with Crippen LogP contribution in [0.2, 0.25) is 0 Å². The molecule has 102 valence electrons. The minimum Gasteiger partial charge on any atom is -0.383 e. The lowest BCUT2D eigenvalue weighted by Gasteiger charge is -2.21. The van der Waals surface area contributed by atoms with Crippen molar-refractivity contribution in [1.29, 1.82) is 5.26 Å². The average Bonchev–Trinajstić information content (AvgIpc) is 2.41. The first-order valence-electron chi connectivity index (χ1n) is 5.66. The molecule has 0 spiro atoms. The third-order valence-corrected chi connectivity index (χ3v) is 2.46. The average molecular weight is 266 g/mol. The summed E-state index contributed by atoms with van der Waals surface area (Å²) in [7, 11) is 1.51. The van der Waals surface area contributed by atoms with Gasteiger partial charge in [-0.2, -0.15) is 5.26 Å². The molecule has 0 aliphatic carbocycles. The molecule has 1 heterocycles. The number of methoxy groups -OCH3 is 1. The summed E-state index contributed by atoms with van der Waals surface area (Å²) < 4.78 is 18.0. The summed E-state index contributed by atoms with van der Waals surface area (Å²) in [6.45, 7) is 0.849. The number of nitriles is 1. The lowest BCUT2D eigenvalue weighted by atomic mass is 10.2. The number of carbonyl (C=O) groups excluding carboxylic acids is 1. The molecule has 0 unspecified atom stereocenters. The second kappa shape index (κ2) is 7.28. The number of hydrogen-bond acceptors (Lipinski definition) is 5. The van der Waals surface area contributed by atoms with Crippen molar-refractivity contribution in [1.82, 2.24) is 9.88 Å². The van der Waals surface area contributed by atoms with Gasteiger partial charge in [0.2, 0.25) is 0 Å². The van der Waals surface area contributed by atoms with Crippen LogP contribution in [0.5, 0.6) is 0 Å². The molecule has 0 aliphatic rings. The molecule has 1 amide bonds. The smallest absolute Gasteiger partial charge is 0.257 e. The second-order valence-electron chi connectivity index (χ2n) is 3.78. The van der Waals surface area contributed by atoms with Crippen molar-refractivity contribution < 1.29 is 13.9 Å². The largest absolute Gasteiger partial charge is 0.383 e. The van der Waals surface area contributed by atoms with E-state index in [2.05, 4.69) is 4.98 Å². The zero-order chi connectivity index (χ0) is 14.3. The summed E-state index contributed by atoms with van der Waals surface area (Å²) in [6, 6.07) is 2.99. The van der Waals surface area contributed by atoms with E-state index in [9.17, 15) is 9.18 Å². The molecule has 0 saturated heterocycles. The van der Waals surface area contributed by atoms with E-state index < -0.39 is 11.7 Å². The van der Waals surface area contributed by atoms with Crippen LogP contribution in [0.1, 0.15) is 16.8 Å². The zero-order valence-electron chi connectivity index (χ0n) is 10.6. The number of nitrogen functional groups attached to an aromatic ring is 1. The third kappa shape index (κ3) is 4.19. The molecular formula is C12H15FN4O2. The fourth-order valence-corrected chi connectivity index (χ4v) is 1.49. The molecule has 0 atom stereocenters. The quantitative estimate of drug-likeness (QED) is 0.822. The molecule has 19 heavy (non-hydrogen) atoms. The zero-order valence-corrected chi connectivity index (χ0v) is 10.6. The van der Waals surface area contributed by atoms with Gasteiger partial charge >= 0.3 is 0 Å². The van der Waals surface area contributed by atoms with Gasteiger partial charge in [-0.1, -0.05) is 0 Å². The van der Waals surface area contributed by atoms with Gasteiger partial charge < -0.3 is 15.4 Å². The summed E-state index contributed by atoms with van der Waals surface area (Å²) in [6.07, 6.45) is 1.12. The fraction of sp³-hybridized carbons (Fsp3) is 0.417. The molecule has 7 heteroatoms. The fourth-order valence-electron chi connectivity index (χ4n) is 1.49. The Balaban J connectivity index is 2.91. The molecule has 6 nitrogen and oxygen atoms in total. The van der Waals surface area contributed by atoms with Crippen LogP contribution in [-0.4, -0.2) is 42.6 Å². The van der Waals surface area contributed by atoms with Crippen molar-refractivity contribution in [3.05, 3.63) is 23.6 Å². The Morgan fingerprint density at radius 3 is 3.00 bits per heavy atom. The highest BCUT2D eigenvalue weighted by Crippen LogP contribution is 2.13. The van der Waals surface area contributed by atoms with Gasteiger partial charge in [0, 0.05) is 20.2 Å². The highest BCUT2D eigenvalue weighted by molar-refractivity contribution is 5.98. The van der Waals surface area contributed by atoms with Crippen LogP contribution in [0.3, 0.4) is 0 Å². The van der Waals surface area contributed by atoms with Crippen molar-refractivity contribution in [3.63, 3.8) is 0 Å². The number of aromatic nitrogens is 1. The lowest BCUT2D eigenvalue weighted by Crippen LogP contribution is -2.35. The molecule has 0 bridgehead atoms. The Hall–Kier alpha value is -2.20. The molecule has 0 aromatic carbocycles. The van der Waals surface area contributed by atoms with Gasteiger partial charge in [-0.25, -0.2) is 9.37 Å². The summed E-state index contributed by atoms with van der Waals surface area (Å²) in [5, 5.41) is 8.58. The van der Waals surface area contributed by atoms with E-state index in [1.807, 2.05) is 6.07 Å². The predicted octanol–water partition coefficient (Wildman–Crippen LogP) is 0.805. The van der Waals surface area contributed by atoms with Gasteiger partial charge in [-0.15, -0.1) is 0 Å². The van der Waals surface area contributed by atoms with Crippen LogP contribution in [-0.2, 0) is 4.74 Å². The minimum absolute atomic E-state index is 0.00552. The number of nitrogens with zero attached hydrogens (tertiary/aromatic N) is 3. The highest BCUT2D eigenvalue weighted by atomic mass is 19.1. The molecule has 1 rings (SSSR count). The van der Waals surface area contributed by atoms with Gasteiger partial charge in [0.25, 0.3) is 5.91 Å². The maximum atomic E-state index is 13.1. The standard InChI is InChI=1S/C12H15FN4O2/c1-19-6-5-17(4-2-3-14)12(18)10-7-9(13)8-16-11(10)15/h7-8H,2,4-6H2,1H3,(H2,15,16). The van der Waals surface area contributed by atoms with E-state index in [0.29, 0.717) is 13.2 Å². The number of rotatable bonds is 6. The number of amides is 1. The maximum Gasteiger partial charge on any atom is 0.257 e. The van der Waals surface area contributed by atoms with E-state index in [0.717, 1.165) is 12.3 Å². The van der Waals surface area contributed by atoms with E-state index in [4.69, 9.17) is 15.7 Å². The Morgan fingerprint density at radius 2 is 2.37 bits per heavy atom. The number of halogens is 1. The molecule has 2 N–H and O–H groups in total.